The van der Waals surface area contributed by atoms with Crippen LogP contribution < -0.4 is 5.32 Å². The lowest BCUT2D eigenvalue weighted by atomic mass is 10.1. The Morgan fingerprint density at radius 2 is 1.70 bits per heavy atom. The molecular formula is C25H19ClN4. The van der Waals surface area contributed by atoms with Crippen molar-refractivity contribution in [2.24, 2.45) is 0 Å². The molecule has 0 unspecified atom stereocenters. The van der Waals surface area contributed by atoms with Crippen LogP contribution in [0.3, 0.4) is 0 Å². The van der Waals surface area contributed by atoms with E-state index in [-0.39, 0.29) is 0 Å². The van der Waals surface area contributed by atoms with Gasteiger partial charge in [0.15, 0.2) is 5.65 Å². The van der Waals surface area contributed by atoms with Crippen molar-refractivity contribution in [3.63, 3.8) is 0 Å². The van der Waals surface area contributed by atoms with E-state index in [0.717, 1.165) is 39.4 Å². The van der Waals surface area contributed by atoms with Crippen LogP contribution in [0.5, 0.6) is 0 Å². The van der Waals surface area contributed by atoms with Crippen molar-refractivity contribution in [3.05, 3.63) is 102 Å². The molecule has 0 saturated carbocycles. The Bertz CT molecular complexity index is 1340. The highest BCUT2D eigenvalue weighted by molar-refractivity contribution is 6.30. The molecule has 0 spiro atoms. The molecule has 5 rings (SSSR count). The number of hydrogen-bond donors (Lipinski definition) is 1. The third-order valence-corrected chi connectivity index (χ3v) is 5.27. The van der Waals surface area contributed by atoms with Gasteiger partial charge in [0.2, 0.25) is 0 Å². The van der Waals surface area contributed by atoms with E-state index in [1.165, 1.54) is 5.56 Å². The van der Waals surface area contributed by atoms with Crippen LogP contribution in [0.15, 0.2) is 91.4 Å². The largest absolute Gasteiger partial charge is 0.340 e. The molecule has 1 N–H and O–H groups in total. The molecule has 3 aromatic carbocycles. The maximum Gasteiger partial charge on any atom is 0.150 e. The highest BCUT2D eigenvalue weighted by Gasteiger charge is 2.17. The van der Waals surface area contributed by atoms with Gasteiger partial charge >= 0.3 is 0 Å². The number of nitrogens with one attached hydrogen (secondary N) is 1. The molecule has 0 aliphatic carbocycles. The number of benzene rings is 3. The second kappa shape index (κ2) is 7.65. The van der Waals surface area contributed by atoms with Gasteiger partial charge in [-0.15, -0.1) is 0 Å². The van der Waals surface area contributed by atoms with Crippen LogP contribution in [-0.4, -0.2) is 14.5 Å². The summed E-state index contributed by atoms with van der Waals surface area (Å²) in [6, 6.07) is 26.3. The molecule has 30 heavy (non-hydrogen) atoms. The molecule has 5 aromatic rings. The van der Waals surface area contributed by atoms with Crippen LogP contribution in [0.2, 0.25) is 5.02 Å². The molecule has 0 bridgehead atoms. The van der Waals surface area contributed by atoms with Gasteiger partial charge in [-0.25, -0.2) is 9.97 Å². The van der Waals surface area contributed by atoms with Gasteiger partial charge < -0.3 is 9.88 Å². The number of nitrogens with zero attached hydrogens (tertiary/aromatic N) is 3. The van der Waals surface area contributed by atoms with Crippen LogP contribution in [0.25, 0.3) is 27.8 Å². The third kappa shape index (κ3) is 3.42. The summed E-state index contributed by atoms with van der Waals surface area (Å²) in [5.74, 6) is 0.769. The molecule has 5 heteroatoms. The molecule has 146 valence electrons. The summed E-state index contributed by atoms with van der Waals surface area (Å²) in [5.41, 5.74) is 6.11. The van der Waals surface area contributed by atoms with Gasteiger partial charge in [0.25, 0.3) is 0 Å². The summed E-state index contributed by atoms with van der Waals surface area (Å²) in [4.78, 5) is 9.20. The number of rotatable bonds is 4. The van der Waals surface area contributed by atoms with E-state index in [1.807, 2.05) is 54.6 Å². The predicted octanol–water partition coefficient (Wildman–Crippen LogP) is 6.79. The topological polar surface area (TPSA) is 42.7 Å². The fourth-order valence-electron chi connectivity index (χ4n) is 3.68. The van der Waals surface area contributed by atoms with E-state index >= 15 is 0 Å². The number of hydrogen-bond acceptors (Lipinski definition) is 3. The summed E-state index contributed by atoms with van der Waals surface area (Å²) in [5, 5.41) is 5.13. The van der Waals surface area contributed by atoms with E-state index in [4.69, 9.17) is 11.6 Å². The first kappa shape index (κ1) is 18.4. The molecule has 0 fully saturated rings. The van der Waals surface area contributed by atoms with Gasteiger partial charge in [0, 0.05) is 28.2 Å². The first-order valence-electron chi connectivity index (χ1n) is 9.70. The van der Waals surface area contributed by atoms with Crippen molar-refractivity contribution in [1.82, 2.24) is 14.5 Å². The van der Waals surface area contributed by atoms with Gasteiger partial charge in [0.05, 0.1) is 5.39 Å². The Morgan fingerprint density at radius 1 is 0.867 bits per heavy atom. The quantitative estimate of drug-likeness (QED) is 0.354. The van der Waals surface area contributed by atoms with Crippen molar-refractivity contribution in [3.8, 4) is 16.8 Å². The van der Waals surface area contributed by atoms with Gasteiger partial charge in [-0.1, -0.05) is 60.1 Å². The molecule has 0 aliphatic rings. The lowest BCUT2D eigenvalue weighted by molar-refractivity contribution is 1.08. The zero-order chi connectivity index (χ0) is 20.5. The fraction of sp³-hybridized carbons (Fsp3) is 0.0400. The fourth-order valence-corrected chi connectivity index (χ4v) is 3.86. The Balaban J connectivity index is 1.76. The van der Waals surface area contributed by atoms with Crippen molar-refractivity contribution in [2.75, 3.05) is 5.32 Å². The summed E-state index contributed by atoms with van der Waals surface area (Å²) < 4.78 is 2.06. The average Bonchev–Trinajstić information content (AvgIpc) is 3.15. The van der Waals surface area contributed by atoms with E-state index in [2.05, 4.69) is 57.2 Å². The number of fused-ring (bicyclic) bond motifs is 1. The van der Waals surface area contributed by atoms with Crippen LogP contribution in [0.4, 0.5) is 11.5 Å². The minimum absolute atomic E-state index is 0.683. The van der Waals surface area contributed by atoms with Gasteiger partial charge in [0.1, 0.15) is 12.1 Å². The second-order valence-electron chi connectivity index (χ2n) is 7.17. The molecule has 0 saturated heterocycles. The van der Waals surface area contributed by atoms with E-state index < -0.39 is 0 Å². The van der Waals surface area contributed by atoms with E-state index in [9.17, 15) is 0 Å². The lowest BCUT2D eigenvalue weighted by Crippen LogP contribution is -1.98. The first-order valence-corrected chi connectivity index (χ1v) is 10.1. The summed E-state index contributed by atoms with van der Waals surface area (Å²) in [6.07, 6.45) is 3.69. The summed E-state index contributed by atoms with van der Waals surface area (Å²) >= 11 is 6.26. The van der Waals surface area contributed by atoms with Crippen LogP contribution in [0, 0.1) is 6.92 Å². The SMILES string of the molecule is Cc1cccc(Nc2ncnc3c2c(-c2ccccc2)cn3-c2cccc(Cl)c2)c1. The smallest absolute Gasteiger partial charge is 0.150 e. The number of aryl methyl sites for hydroxylation is 1. The molecule has 0 atom stereocenters. The highest BCUT2D eigenvalue weighted by atomic mass is 35.5. The minimum Gasteiger partial charge on any atom is -0.340 e. The standard InChI is InChI=1S/C25H19ClN4/c1-17-7-5-11-20(13-17)29-24-23-22(18-8-3-2-4-9-18)15-30(25(23)28-16-27-24)21-12-6-10-19(26)14-21/h2-16H,1H3,(H,27,28,29). The van der Waals surface area contributed by atoms with E-state index in [1.54, 1.807) is 6.33 Å². The molecule has 0 aliphatic heterocycles. The van der Waals surface area contributed by atoms with Crippen LogP contribution in [-0.2, 0) is 0 Å². The Labute approximate surface area is 179 Å². The van der Waals surface area contributed by atoms with E-state index in [0.29, 0.717) is 5.02 Å². The molecule has 0 radical (unpaired) electrons. The lowest BCUT2D eigenvalue weighted by Gasteiger charge is -2.09. The Kier molecular flexibility index (Phi) is 4.69. The molecule has 2 heterocycles. The average molecular weight is 411 g/mol. The predicted molar refractivity (Wildman–Crippen MR) is 124 cm³/mol. The maximum absolute atomic E-state index is 6.26. The second-order valence-corrected chi connectivity index (χ2v) is 7.61. The summed E-state index contributed by atoms with van der Waals surface area (Å²) in [6.45, 7) is 2.08. The number of halogens is 1. The van der Waals surface area contributed by atoms with Crippen LogP contribution in [0.1, 0.15) is 5.56 Å². The molecule has 4 nitrogen and oxygen atoms in total. The first-order chi connectivity index (χ1) is 14.7. The zero-order valence-electron chi connectivity index (χ0n) is 16.4. The minimum atomic E-state index is 0.683. The van der Waals surface area contributed by atoms with Crippen LogP contribution >= 0.6 is 11.6 Å². The maximum atomic E-state index is 6.26. The van der Waals surface area contributed by atoms with Crippen molar-refractivity contribution < 1.29 is 0 Å². The Morgan fingerprint density at radius 3 is 2.50 bits per heavy atom. The van der Waals surface area contributed by atoms with Gasteiger partial charge in [-0.3, -0.25) is 0 Å². The molecule has 2 aromatic heterocycles. The van der Waals surface area contributed by atoms with Crippen molar-refractivity contribution in [1.29, 1.82) is 0 Å². The Hall–Kier alpha value is -3.63. The van der Waals surface area contributed by atoms with Crippen molar-refractivity contribution >= 4 is 34.1 Å². The monoisotopic (exact) mass is 410 g/mol. The molecular weight excluding hydrogens is 392 g/mol. The molecule has 0 amide bonds. The number of anilines is 2. The number of aromatic nitrogens is 3. The van der Waals surface area contributed by atoms with Crippen molar-refractivity contribution in [2.45, 2.75) is 6.92 Å². The highest BCUT2D eigenvalue weighted by Crippen LogP contribution is 2.36. The summed E-state index contributed by atoms with van der Waals surface area (Å²) in [7, 11) is 0. The van der Waals surface area contributed by atoms with Gasteiger partial charge in [-0.2, -0.15) is 0 Å². The van der Waals surface area contributed by atoms with Gasteiger partial charge in [-0.05, 0) is 48.4 Å². The third-order valence-electron chi connectivity index (χ3n) is 5.03. The normalized spacial score (nSPS) is 11.0. The zero-order valence-corrected chi connectivity index (χ0v) is 17.1.